The number of hydrogen-bond donors (Lipinski definition) is 2. The quantitative estimate of drug-likeness (QED) is 0.399. The summed E-state index contributed by atoms with van der Waals surface area (Å²) in [6, 6.07) is 7.68. The molecule has 0 saturated heterocycles. The number of aromatic nitrogens is 4. The number of allylic oxidation sites excluding steroid dienone is 1. The van der Waals surface area contributed by atoms with Crippen molar-refractivity contribution in [3.8, 4) is 5.75 Å². The summed E-state index contributed by atoms with van der Waals surface area (Å²) < 4.78 is 20.7. The average molecular weight is 453 g/mol. The van der Waals surface area contributed by atoms with Crippen LogP contribution in [0.5, 0.6) is 5.75 Å². The van der Waals surface area contributed by atoms with Gasteiger partial charge in [-0.25, -0.2) is 19.3 Å². The van der Waals surface area contributed by atoms with Crippen molar-refractivity contribution in [3.63, 3.8) is 0 Å². The van der Waals surface area contributed by atoms with E-state index in [4.69, 9.17) is 16.3 Å². The maximum absolute atomic E-state index is 13.5. The van der Waals surface area contributed by atoms with Crippen molar-refractivity contribution in [2.24, 2.45) is 0 Å². The molecule has 8 nitrogen and oxygen atoms in total. The molecule has 0 radical (unpaired) electrons. The Morgan fingerprint density at radius 3 is 2.91 bits per heavy atom. The minimum atomic E-state index is -0.513. The van der Waals surface area contributed by atoms with Gasteiger partial charge < -0.3 is 19.9 Å². The molecular weight excluding hydrogens is 435 g/mol. The van der Waals surface area contributed by atoms with Crippen molar-refractivity contribution < 1.29 is 13.9 Å². The molecule has 2 heterocycles. The molecule has 32 heavy (non-hydrogen) atoms. The highest BCUT2D eigenvalue weighted by molar-refractivity contribution is 6.31. The fourth-order valence-electron chi connectivity index (χ4n) is 3.01. The molecule has 0 aliphatic rings. The number of carbonyl (C=O) groups is 1. The lowest BCUT2D eigenvalue weighted by atomic mass is 10.1. The minimum Gasteiger partial charge on any atom is -0.494 e. The molecule has 4 rings (SSSR count). The fraction of sp³-hybridized carbons (Fsp3) is 0.0909. The van der Waals surface area contributed by atoms with Crippen molar-refractivity contribution in [2.75, 3.05) is 17.7 Å². The van der Waals surface area contributed by atoms with Gasteiger partial charge in [0.15, 0.2) is 0 Å². The van der Waals surface area contributed by atoms with Crippen LogP contribution in [0.4, 0.5) is 21.6 Å². The molecule has 2 aromatic carbocycles. The van der Waals surface area contributed by atoms with E-state index in [-0.39, 0.29) is 10.9 Å². The molecule has 2 N–H and O–H groups in total. The second-order valence-corrected chi connectivity index (χ2v) is 7.10. The molecule has 0 spiro atoms. The second kappa shape index (κ2) is 9.44. The normalized spacial score (nSPS) is 11.1. The smallest absolute Gasteiger partial charge is 0.248 e. The summed E-state index contributed by atoms with van der Waals surface area (Å²) in [5, 5.41) is 6.54. The number of halogens is 2. The maximum atomic E-state index is 13.5. The van der Waals surface area contributed by atoms with Gasteiger partial charge in [-0.05, 0) is 24.3 Å². The molecule has 2 aromatic heterocycles. The molecule has 10 heteroatoms. The van der Waals surface area contributed by atoms with Crippen LogP contribution in [0.3, 0.4) is 0 Å². The van der Waals surface area contributed by atoms with Gasteiger partial charge >= 0.3 is 0 Å². The summed E-state index contributed by atoms with van der Waals surface area (Å²) in [5.74, 6) is 0.0786. The van der Waals surface area contributed by atoms with E-state index in [1.807, 2.05) is 4.57 Å². The van der Waals surface area contributed by atoms with E-state index in [2.05, 4.69) is 25.6 Å². The van der Waals surface area contributed by atoms with E-state index in [1.165, 1.54) is 31.6 Å². The van der Waals surface area contributed by atoms with E-state index in [0.29, 0.717) is 40.4 Å². The molecule has 0 fully saturated rings. The van der Waals surface area contributed by atoms with Crippen molar-refractivity contribution in [1.29, 1.82) is 0 Å². The zero-order valence-corrected chi connectivity index (χ0v) is 17.7. The van der Waals surface area contributed by atoms with Crippen LogP contribution < -0.4 is 15.4 Å². The number of anilines is 3. The Morgan fingerprint density at radius 1 is 1.28 bits per heavy atom. The molecule has 0 aliphatic heterocycles. The van der Waals surface area contributed by atoms with Gasteiger partial charge in [0, 0.05) is 42.2 Å². The first-order chi connectivity index (χ1) is 15.5. The van der Waals surface area contributed by atoms with Gasteiger partial charge in [0.1, 0.15) is 23.7 Å². The molecule has 0 unspecified atom stereocenters. The molecule has 162 valence electrons. The summed E-state index contributed by atoms with van der Waals surface area (Å²) in [7, 11) is 1.51. The summed E-state index contributed by atoms with van der Waals surface area (Å²) in [4.78, 5) is 24.9. The number of nitrogens with one attached hydrogen (secondary N) is 2. The number of carbonyl (C=O) groups excluding carboxylic acids is 1. The number of fused-ring (bicyclic) bond motifs is 1. The molecule has 4 aromatic rings. The van der Waals surface area contributed by atoms with Gasteiger partial charge in [0.2, 0.25) is 5.91 Å². The number of hydrogen-bond acceptors (Lipinski definition) is 6. The van der Waals surface area contributed by atoms with E-state index in [9.17, 15) is 9.18 Å². The van der Waals surface area contributed by atoms with Crippen LogP contribution in [-0.4, -0.2) is 32.5 Å². The molecule has 0 atom stereocenters. The summed E-state index contributed by atoms with van der Waals surface area (Å²) in [5.41, 5.74) is 1.61. The Morgan fingerprint density at radius 2 is 2.16 bits per heavy atom. The lowest BCUT2D eigenvalue weighted by molar-refractivity contribution is -0.111. The highest BCUT2D eigenvalue weighted by Crippen LogP contribution is 2.33. The summed E-state index contributed by atoms with van der Waals surface area (Å²) in [6.45, 7) is 0.518. The Balaban J connectivity index is 1.60. The SMILES string of the molecule is COc1cc2ncnc(Nc3ccc(F)c(Cl)c3)c2cc1NC(=O)C=CCn1ccnc1. The third-order valence-corrected chi connectivity index (χ3v) is 4.83. The van der Waals surface area contributed by atoms with Crippen molar-refractivity contribution in [3.05, 3.63) is 78.4 Å². The van der Waals surface area contributed by atoms with Gasteiger partial charge in [-0.2, -0.15) is 0 Å². The van der Waals surface area contributed by atoms with Crippen LogP contribution >= 0.6 is 11.6 Å². The third-order valence-electron chi connectivity index (χ3n) is 4.54. The summed E-state index contributed by atoms with van der Waals surface area (Å²) >= 11 is 5.87. The van der Waals surface area contributed by atoms with Crippen LogP contribution in [0.2, 0.25) is 5.02 Å². The monoisotopic (exact) mass is 452 g/mol. The molecule has 1 amide bonds. The molecular formula is C22H18ClFN6O2. The van der Waals surface area contributed by atoms with Crippen LogP contribution in [0.1, 0.15) is 0 Å². The van der Waals surface area contributed by atoms with E-state index in [1.54, 1.807) is 43.0 Å². The molecule has 0 aliphatic carbocycles. The van der Waals surface area contributed by atoms with Gasteiger partial charge in [-0.1, -0.05) is 17.7 Å². The van der Waals surface area contributed by atoms with E-state index in [0.717, 1.165) is 0 Å². The van der Waals surface area contributed by atoms with Crippen LogP contribution in [-0.2, 0) is 11.3 Å². The average Bonchev–Trinajstić information content (AvgIpc) is 3.30. The first-order valence-electron chi connectivity index (χ1n) is 9.51. The van der Waals surface area contributed by atoms with Gasteiger partial charge in [0.25, 0.3) is 0 Å². The number of methoxy groups -OCH3 is 1. The lowest BCUT2D eigenvalue weighted by Crippen LogP contribution is -2.10. The lowest BCUT2D eigenvalue weighted by Gasteiger charge is -2.13. The molecule has 0 bridgehead atoms. The van der Waals surface area contributed by atoms with Crippen molar-refractivity contribution >= 4 is 45.6 Å². The second-order valence-electron chi connectivity index (χ2n) is 6.70. The summed E-state index contributed by atoms with van der Waals surface area (Å²) in [6.07, 6.45) is 9.69. The minimum absolute atomic E-state index is 0.00883. The number of ether oxygens (including phenoxy) is 1. The first-order valence-corrected chi connectivity index (χ1v) is 9.89. The van der Waals surface area contributed by atoms with Gasteiger partial charge in [-0.15, -0.1) is 0 Å². The van der Waals surface area contributed by atoms with Gasteiger partial charge in [-0.3, -0.25) is 4.79 Å². The standard InChI is InChI=1S/C22H18ClFN6O2/c1-32-20-11-18-15(10-19(20)29-21(31)3-2-7-30-8-6-25-13-30)22(27-12-26-18)28-14-4-5-17(24)16(23)9-14/h2-6,8-13H,7H2,1H3,(H,29,31)(H,26,27,28). The van der Waals surface area contributed by atoms with E-state index < -0.39 is 5.82 Å². The topological polar surface area (TPSA) is 94.0 Å². The highest BCUT2D eigenvalue weighted by Gasteiger charge is 2.13. The Labute approximate surface area is 187 Å². The van der Waals surface area contributed by atoms with Crippen LogP contribution in [0.25, 0.3) is 10.9 Å². The molecule has 0 saturated carbocycles. The first kappa shape index (κ1) is 21.3. The van der Waals surface area contributed by atoms with Crippen molar-refractivity contribution in [2.45, 2.75) is 6.54 Å². The highest BCUT2D eigenvalue weighted by atomic mass is 35.5. The zero-order valence-electron chi connectivity index (χ0n) is 16.9. The van der Waals surface area contributed by atoms with Crippen LogP contribution in [0, 0.1) is 5.82 Å². The zero-order chi connectivity index (χ0) is 22.5. The van der Waals surface area contributed by atoms with Crippen molar-refractivity contribution in [1.82, 2.24) is 19.5 Å². The predicted octanol–water partition coefficient (Wildman–Crippen LogP) is 4.57. The maximum Gasteiger partial charge on any atom is 0.248 e. The number of amides is 1. The number of imidazole rings is 1. The number of benzene rings is 2. The Kier molecular flexibility index (Phi) is 6.27. The largest absolute Gasteiger partial charge is 0.494 e. The Hall–Kier alpha value is -3.98. The fourth-order valence-corrected chi connectivity index (χ4v) is 3.19. The van der Waals surface area contributed by atoms with E-state index >= 15 is 0 Å². The Bertz CT molecular complexity index is 1290. The number of rotatable bonds is 7. The van der Waals surface area contributed by atoms with Gasteiger partial charge in [0.05, 0.1) is 29.7 Å². The third kappa shape index (κ3) is 4.84. The van der Waals surface area contributed by atoms with Crippen LogP contribution in [0.15, 0.2) is 67.5 Å². The predicted molar refractivity (Wildman–Crippen MR) is 121 cm³/mol. The number of nitrogens with zero attached hydrogens (tertiary/aromatic N) is 4.